The molecule has 186 valence electrons. The lowest BCUT2D eigenvalue weighted by Gasteiger charge is -2.26. The average molecular weight is 495 g/mol. The Balaban J connectivity index is 1.35. The molecular formula is C25H34N8OS. The number of anilines is 1. The molecule has 1 saturated heterocycles. The summed E-state index contributed by atoms with van der Waals surface area (Å²) in [6.45, 7) is 9.91. The van der Waals surface area contributed by atoms with E-state index in [2.05, 4.69) is 54.0 Å². The Kier molecular flexibility index (Phi) is 8.99. The number of aliphatic imine (C=N–C) groups is 1. The monoisotopic (exact) mass is 494 g/mol. The van der Waals surface area contributed by atoms with Crippen LogP contribution in [0.3, 0.4) is 0 Å². The molecule has 4 N–H and O–H groups in total. The Labute approximate surface area is 211 Å². The Morgan fingerprint density at radius 2 is 1.94 bits per heavy atom. The van der Waals surface area contributed by atoms with Crippen molar-refractivity contribution in [3.8, 4) is 0 Å². The number of nitrogens with zero attached hydrogens (tertiary/aromatic N) is 4. The normalized spacial score (nSPS) is 14.7. The Bertz CT molecular complexity index is 1140. The summed E-state index contributed by atoms with van der Waals surface area (Å²) < 4.78 is 5.41. The van der Waals surface area contributed by atoms with Gasteiger partial charge in [-0.15, -0.1) is 0 Å². The largest absolute Gasteiger partial charge is 0.379 e. The van der Waals surface area contributed by atoms with Crippen molar-refractivity contribution in [2.24, 2.45) is 4.99 Å². The summed E-state index contributed by atoms with van der Waals surface area (Å²) >= 11 is 5.54. The SMILES string of the molecule is Cc1cc(C)nc(NC(=NCCc2c[nH]c3ccccc23)NC(=S)NCCCN2CCOCC2)n1. The van der Waals surface area contributed by atoms with Crippen molar-refractivity contribution in [2.45, 2.75) is 26.7 Å². The van der Waals surface area contributed by atoms with Gasteiger partial charge in [0.1, 0.15) is 0 Å². The molecule has 1 aliphatic heterocycles. The molecule has 35 heavy (non-hydrogen) atoms. The van der Waals surface area contributed by atoms with E-state index >= 15 is 0 Å². The van der Waals surface area contributed by atoms with Crippen molar-refractivity contribution < 1.29 is 4.74 Å². The van der Waals surface area contributed by atoms with Gasteiger partial charge in [0.15, 0.2) is 5.11 Å². The van der Waals surface area contributed by atoms with E-state index in [1.807, 2.05) is 32.2 Å². The van der Waals surface area contributed by atoms with Gasteiger partial charge in [-0.05, 0) is 63.1 Å². The predicted molar refractivity (Wildman–Crippen MR) is 145 cm³/mol. The van der Waals surface area contributed by atoms with Crippen LogP contribution >= 0.6 is 12.2 Å². The second-order valence-corrected chi connectivity index (χ2v) is 9.04. The van der Waals surface area contributed by atoms with Gasteiger partial charge in [-0.2, -0.15) is 0 Å². The van der Waals surface area contributed by atoms with Gasteiger partial charge in [-0.1, -0.05) is 18.2 Å². The number of morpholine rings is 1. The number of nitrogens with one attached hydrogen (secondary N) is 4. The number of aromatic nitrogens is 3. The first kappa shape index (κ1) is 25.0. The van der Waals surface area contributed by atoms with Gasteiger partial charge in [0, 0.05) is 54.7 Å². The van der Waals surface area contributed by atoms with Crippen molar-refractivity contribution in [1.29, 1.82) is 0 Å². The van der Waals surface area contributed by atoms with E-state index in [9.17, 15) is 0 Å². The Morgan fingerprint density at radius 3 is 2.74 bits per heavy atom. The first-order chi connectivity index (χ1) is 17.1. The second-order valence-electron chi connectivity index (χ2n) is 8.63. The number of hydrogen-bond acceptors (Lipinski definition) is 6. The minimum Gasteiger partial charge on any atom is -0.379 e. The number of aryl methyl sites for hydroxylation is 2. The van der Waals surface area contributed by atoms with Crippen molar-refractivity contribution >= 4 is 40.1 Å². The maximum atomic E-state index is 5.54. The second kappa shape index (κ2) is 12.6. The smallest absolute Gasteiger partial charge is 0.229 e. The molecule has 2 aromatic heterocycles. The highest BCUT2D eigenvalue weighted by molar-refractivity contribution is 7.80. The molecule has 0 unspecified atom stereocenters. The zero-order chi connectivity index (χ0) is 24.5. The van der Waals surface area contributed by atoms with Crippen LogP contribution in [0.2, 0.25) is 0 Å². The quantitative estimate of drug-likeness (QED) is 0.164. The number of para-hydroxylation sites is 1. The third kappa shape index (κ3) is 7.71. The molecular weight excluding hydrogens is 460 g/mol. The van der Waals surface area contributed by atoms with Gasteiger partial charge in [0.05, 0.1) is 13.2 Å². The average Bonchev–Trinajstić information content (AvgIpc) is 3.25. The van der Waals surface area contributed by atoms with E-state index in [4.69, 9.17) is 21.9 Å². The molecule has 1 aliphatic rings. The summed E-state index contributed by atoms with van der Waals surface area (Å²) in [4.78, 5) is 19.4. The van der Waals surface area contributed by atoms with Crippen LogP contribution in [0.25, 0.3) is 10.9 Å². The molecule has 0 radical (unpaired) electrons. The molecule has 0 spiro atoms. The van der Waals surface area contributed by atoms with Gasteiger partial charge in [0.2, 0.25) is 11.9 Å². The maximum Gasteiger partial charge on any atom is 0.229 e. The summed E-state index contributed by atoms with van der Waals surface area (Å²) in [5, 5.41) is 11.4. The van der Waals surface area contributed by atoms with Crippen LogP contribution in [-0.4, -0.2) is 76.9 Å². The number of thiocarbonyl (C=S) groups is 1. The summed E-state index contributed by atoms with van der Waals surface area (Å²) in [5.41, 5.74) is 4.15. The van der Waals surface area contributed by atoms with Crippen LogP contribution in [0, 0.1) is 13.8 Å². The lowest BCUT2D eigenvalue weighted by molar-refractivity contribution is 0.0376. The molecule has 1 fully saturated rings. The molecule has 1 aromatic carbocycles. The van der Waals surface area contributed by atoms with E-state index < -0.39 is 0 Å². The lowest BCUT2D eigenvalue weighted by Crippen LogP contribution is -2.44. The van der Waals surface area contributed by atoms with Crippen LogP contribution in [0.5, 0.6) is 0 Å². The first-order valence-corrected chi connectivity index (χ1v) is 12.5. The lowest BCUT2D eigenvalue weighted by atomic mass is 10.1. The first-order valence-electron chi connectivity index (χ1n) is 12.1. The van der Waals surface area contributed by atoms with E-state index in [0.717, 1.165) is 69.1 Å². The molecule has 9 nitrogen and oxygen atoms in total. The molecule has 10 heteroatoms. The zero-order valence-electron chi connectivity index (χ0n) is 20.4. The number of fused-ring (bicyclic) bond motifs is 1. The fourth-order valence-corrected chi connectivity index (χ4v) is 4.30. The van der Waals surface area contributed by atoms with E-state index in [1.54, 1.807) is 0 Å². The molecule has 0 aliphatic carbocycles. The zero-order valence-corrected chi connectivity index (χ0v) is 21.2. The van der Waals surface area contributed by atoms with E-state index in [0.29, 0.717) is 23.6 Å². The van der Waals surface area contributed by atoms with Crippen molar-refractivity contribution in [3.05, 3.63) is 53.5 Å². The standard InChI is InChI=1S/C25H34N8OS/c1-18-16-19(2)30-24(29-18)31-23(26-10-8-20-17-28-22-7-4-3-6-21(20)22)32-25(35)27-9-5-11-33-12-14-34-15-13-33/h3-4,6-7,16-17,28H,5,8-15H2,1-2H3,(H3,26,27,29,30,31,32,35). The molecule has 0 saturated carbocycles. The highest BCUT2D eigenvalue weighted by atomic mass is 32.1. The van der Waals surface area contributed by atoms with Gasteiger partial charge in [-0.3, -0.25) is 15.2 Å². The van der Waals surface area contributed by atoms with Crippen LogP contribution in [-0.2, 0) is 11.2 Å². The number of H-pyrrole nitrogens is 1. The summed E-state index contributed by atoms with van der Waals surface area (Å²) in [6.07, 6.45) is 3.85. The van der Waals surface area contributed by atoms with Gasteiger partial charge >= 0.3 is 0 Å². The number of ether oxygens (including phenoxy) is 1. The highest BCUT2D eigenvalue weighted by Gasteiger charge is 2.10. The molecule has 0 amide bonds. The number of rotatable bonds is 8. The maximum absolute atomic E-state index is 5.54. The third-order valence-corrected chi connectivity index (χ3v) is 6.06. The predicted octanol–water partition coefficient (Wildman–Crippen LogP) is 2.77. The summed E-state index contributed by atoms with van der Waals surface area (Å²) in [6, 6.07) is 10.2. The molecule has 3 heterocycles. The summed E-state index contributed by atoms with van der Waals surface area (Å²) in [7, 11) is 0. The minimum atomic E-state index is 0.496. The van der Waals surface area contributed by atoms with Crippen LogP contribution in [0.1, 0.15) is 23.4 Å². The number of guanidine groups is 1. The fourth-order valence-electron chi connectivity index (χ4n) is 4.11. The van der Waals surface area contributed by atoms with Crippen LogP contribution in [0.4, 0.5) is 5.95 Å². The Morgan fingerprint density at radius 1 is 1.17 bits per heavy atom. The Hall–Kier alpha value is -3.08. The number of aromatic amines is 1. The summed E-state index contributed by atoms with van der Waals surface area (Å²) in [5.74, 6) is 1.02. The van der Waals surface area contributed by atoms with Gasteiger partial charge in [0.25, 0.3) is 0 Å². The van der Waals surface area contributed by atoms with Crippen LogP contribution in [0.15, 0.2) is 41.5 Å². The fraction of sp³-hybridized carbons (Fsp3) is 0.440. The highest BCUT2D eigenvalue weighted by Crippen LogP contribution is 2.18. The van der Waals surface area contributed by atoms with Gasteiger partial charge < -0.3 is 20.4 Å². The van der Waals surface area contributed by atoms with Crippen molar-refractivity contribution in [1.82, 2.24) is 30.5 Å². The number of benzene rings is 1. The number of hydrogen-bond donors (Lipinski definition) is 4. The minimum absolute atomic E-state index is 0.496. The topological polar surface area (TPSA) is 102 Å². The van der Waals surface area contributed by atoms with E-state index in [1.165, 1.54) is 10.9 Å². The van der Waals surface area contributed by atoms with Gasteiger partial charge in [-0.25, -0.2) is 9.97 Å². The molecule has 0 bridgehead atoms. The van der Waals surface area contributed by atoms with Crippen molar-refractivity contribution in [3.63, 3.8) is 0 Å². The molecule has 4 rings (SSSR count). The third-order valence-electron chi connectivity index (χ3n) is 5.81. The molecule has 3 aromatic rings. The molecule has 0 atom stereocenters. The van der Waals surface area contributed by atoms with Crippen LogP contribution < -0.4 is 16.0 Å². The van der Waals surface area contributed by atoms with Crippen molar-refractivity contribution in [2.75, 3.05) is 51.3 Å². The van der Waals surface area contributed by atoms with E-state index in [-0.39, 0.29) is 0 Å².